The van der Waals surface area contributed by atoms with E-state index in [2.05, 4.69) is 0 Å². The molecule has 0 heterocycles. The highest BCUT2D eigenvalue weighted by Gasteiger charge is 2.42. The Morgan fingerprint density at radius 3 is 2.26 bits per heavy atom. The van der Waals surface area contributed by atoms with Crippen molar-refractivity contribution in [3.05, 3.63) is 59.7 Å². The fraction of sp³-hybridized carbons (Fsp3) is 0.364. The van der Waals surface area contributed by atoms with Crippen LogP contribution in [0.2, 0.25) is 0 Å². The summed E-state index contributed by atoms with van der Waals surface area (Å²) in [5.41, 5.74) is 0.649. The first kappa shape index (κ1) is 19.0. The van der Waals surface area contributed by atoms with Gasteiger partial charge >= 0.3 is 11.9 Å². The molecular weight excluding hydrogens is 344 g/mol. The molecule has 0 N–H and O–H groups in total. The molecule has 0 aliphatic heterocycles. The molecule has 2 aromatic rings. The lowest BCUT2D eigenvalue weighted by atomic mass is 9.69. The number of carbonyl (C=O) groups is 2. The third-order valence-corrected chi connectivity index (χ3v) is 5.21. The molecule has 5 heteroatoms. The Balaban J connectivity index is 1.89. The largest absolute Gasteiger partial charge is 0.496 e. The average Bonchev–Trinajstić information content (AvgIpc) is 2.74. The highest BCUT2D eigenvalue weighted by atomic mass is 16.5. The average molecular weight is 368 g/mol. The first-order valence-corrected chi connectivity index (χ1v) is 9.15. The number of ether oxygens (including phenoxy) is 3. The maximum absolute atomic E-state index is 13.2. The number of rotatable bonds is 5. The second kappa shape index (κ2) is 8.25. The fourth-order valence-corrected chi connectivity index (χ4v) is 3.74. The van der Waals surface area contributed by atoms with Crippen LogP contribution in [0.1, 0.15) is 48.0 Å². The first-order chi connectivity index (χ1) is 13.1. The van der Waals surface area contributed by atoms with E-state index in [1.807, 2.05) is 30.3 Å². The number of esters is 2. The SMILES string of the molecule is COC(=O)c1ccc(OC(=O)C2(c3ccccc3)CCCCC2)cc1OC. The van der Waals surface area contributed by atoms with Crippen molar-refractivity contribution in [1.29, 1.82) is 0 Å². The van der Waals surface area contributed by atoms with Gasteiger partial charge in [0.2, 0.25) is 0 Å². The molecule has 2 aromatic carbocycles. The second-order valence-corrected chi connectivity index (χ2v) is 6.75. The van der Waals surface area contributed by atoms with Gasteiger partial charge in [-0.15, -0.1) is 0 Å². The van der Waals surface area contributed by atoms with Crippen molar-refractivity contribution in [2.75, 3.05) is 14.2 Å². The van der Waals surface area contributed by atoms with Crippen LogP contribution in [-0.2, 0) is 14.9 Å². The molecule has 1 aliphatic rings. The normalized spacial score (nSPS) is 15.6. The van der Waals surface area contributed by atoms with E-state index in [0.29, 0.717) is 11.5 Å². The Morgan fingerprint density at radius 1 is 0.926 bits per heavy atom. The van der Waals surface area contributed by atoms with Crippen molar-refractivity contribution in [3.8, 4) is 11.5 Å². The van der Waals surface area contributed by atoms with E-state index < -0.39 is 11.4 Å². The summed E-state index contributed by atoms with van der Waals surface area (Å²) in [5, 5.41) is 0. The molecule has 27 heavy (non-hydrogen) atoms. The van der Waals surface area contributed by atoms with Gasteiger partial charge in [-0.3, -0.25) is 4.79 Å². The standard InChI is InChI=1S/C22H24O5/c1-25-19-15-17(11-12-18(19)20(23)26-2)27-21(24)22(13-7-4-8-14-22)16-9-5-3-6-10-16/h3,5-6,9-12,15H,4,7-8,13-14H2,1-2H3. The molecule has 0 spiro atoms. The minimum Gasteiger partial charge on any atom is -0.496 e. The predicted molar refractivity (Wildman–Crippen MR) is 101 cm³/mol. The number of benzene rings is 2. The van der Waals surface area contributed by atoms with E-state index in [1.54, 1.807) is 18.2 Å². The third-order valence-electron chi connectivity index (χ3n) is 5.21. The van der Waals surface area contributed by atoms with Gasteiger partial charge in [-0.25, -0.2) is 4.79 Å². The topological polar surface area (TPSA) is 61.8 Å². The van der Waals surface area contributed by atoms with Crippen LogP contribution >= 0.6 is 0 Å². The molecule has 5 nitrogen and oxygen atoms in total. The summed E-state index contributed by atoms with van der Waals surface area (Å²) in [6, 6.07) is 14.5. The molecule has 1 fully saturated rings. The van der Waals surface area contributed by atoms with Crippen LogP contribution in [0.15, 0.2) is 48.5 Å². The molecule has 0 radical (unpaired) electrons. The molecule has 3 rings (SSSR count). The molecule has 0 amide bonds. The van der Waals surface area contributed by atoms with Gasteiger partial charge in [-0.05, 0) is 30.5 Å². The van der Waals surface area contributed by atoms with Gasteiger partial charge in [0.15, 0.2) is 0 Å². The molecular formula is C22H24O5. The minimum atomic E-state index is -0.631. The summed E-state index contributed by atoms with van der Waals surface area (Å²) >= 11 is 0. The van der Waals surface area contributed by atoms with Gasteiger partial charge in [0, 0.05) is 6.07 Å². The molecule has 0 bridgehead atoms. The molecule has 0 saturated heterocycles. The van der Waals surface area contributed by atoms with E-state index >= 15 is 0 Å². The Kier molecular flexibility index (Phi) is 5.79. The van der Waals surface area contributed by atoms with Crippen LogP contribution in [0, 0.1) is 0 Å². The van der Waals surface area contributed by atoms with Crippen molar-refractivity contribution < 1.29 is 23.8 Å². The zero-order valence-corrected chi connectivity index (χ0v) is 15.7. The maximum atomic E-state index is 13.2. The molecule has 0 unspecified atom stereocenters. The summed E-state index contributed by atoms with van der Waals surface area (Å²) in [6.45, 7) is 0. The highest BCUT2D eigenvalue weighted by Crippen LogP contribution is 2.41. The molecule has 1 saturated carbocycles. The van der Waals surface area contributed by atoms with Crippen molar-refractivity contribution in [2.45, 2.75) is 37.5 Å². The van der Waals surface area contributed by atoms with Gasteiger partial charge < -0.3 is 14.2 Å². The third kappa shape index (κ3) is 3.82. The van der Waals surface area contributed by atoms with E-state index in [1.165, 1.54) is 14.2 Å². The van der Waals surface area contributed by atoms with Gasteiger partial charge in [0.25, 0.3) is 0 Å². The first-order valence-electron chi connectivity index (χ1n) is 9.15. The lowest BCUT2D eigenvalue weighted by Crippen LogP contribution is -2.41. The van der Waals surface area contributed by atoms with Gasteiger partial charge in [0.1, 0.15) is 17.1 Å². The Hall–Kier alpha value is -2.82. The fourth-order valence-electron chi connectivity index (χ4n) is 3.74. The molecule has 0 aromatic heterocycles. The summed E-state index contributed by atoms with van der Waals surface area (Å²) in [4.78, 5) is 25.0. The smallest absolute Gasteiger partial charge is 0.341 e. The van der Waals surface area contributed by atoms with Crippen molar-refractivity contribution in [3.63, 3.8) is 0 Å². The van der Waals surface area contributed by atoms with E-state index in [9.17, 15) is 9.59 Å². The van der Waals surface area contributed by atoms with E-state index in [-0.39, 0.29) is 11.5 Å². The summed E-state index contributed by atoms with van der Waals surface area (Å²) in [6.07, 6.45) is 4.66. The lowest BCUT2D eigenvalue weighted by molar-refractivity contribution is -0.142. The van der Waals surface area contributed by atoms with E-state index in [0.717, 1.165) is 37.7 Å². The number of hydrogen-bond donors (Lipinski definition) is 0. The Morgan fingerprint density at radius 2 is 1.63 bits per heavy atom. The zero-order chi connectivity index (χ0) is 19.3. The van der Waals surface area contributed by atoms with Crippen molar-refractivity contribution in [1.82, 2.24) is 0 Å². The maximum Gasteiger partial charge on any atom is 0.341 e. The Labute approximate surface area is 159 Å². The van der Waals surface area contributed by atoms with Crippen molar-refractivity contribution in [2.24, 2.45) is 0 Å². The zero-order valence-electron chi connectivity index (χ0n) is 15.7. The Bertz CT molecular complexity index is 807. The number of carbonyl (C=O) groups excluding carboxylic acids is 2. The van der Waals surface area contributed by atoms with Gasteiger partial charge in [-0.2, -0.15) is 0 Å². The van der Waals surface area contributed by atoms with Crippen LogP contribution < -0.4 is 9.47 Å². The summed E-state index contributed by atoms with van der Waals surface area (Å²) in [7, 11) is 2.77. The van der Waals surface area contributed by atoms with Crippen LogP contribution in [0.3, 0.4) is 0 Å². The quantitative estimate of drug-likeness (QED) is 0.582. The van der Waals surface area contributed by atoms with Gasteiger partial charge in [-0.1, -0.05) is 49.6 Å². The van der Waals surface area contributed by atoms with Crippen LogP contribution in [0.5, 0.6) is 11.5 Å². The number of hydrogen-bond acceptors (Lipinski definition) is 5. The molecule has 142 valence electrons. The van der Waals surface area contributed by atoms with Crippen LogP contribution in [0.25, 0.3) is 0 Å². The van der Waals surface area contributed by atoms with Crippen LogP contribution in [0.4, 0.5) is 0 Å². The predicted octanol–water partition coefficient (Wildman–Crippen LogP) is 4.29. The van der Waals surface area contributed by atoms with E-state index in [4.69, 9.17) is 14.2 Å². The molecule has 1 aliphatic carbocycles. The van der Waals surface area contributed by atoms with Gasteiger partial charge in [0.05, 0.1) is 19.6 Å². The monoisotopic (exact) mass is 368 g/mol. The highest BCUT2D eigenvalue weighted by molar-refractivity contribution is 5.93. The molecule has 0 atom stereocenters. The summed E-state index contributed by atoms with van der Waals surface area (Å²) < 4.78 is 15.7. The van der Waals surface area contributed by atoms with Crippen LogP contribution in [-0.4, -0.2) is 26.2 Å². The second-order valence-electron chi connectivity index (χ2n) is 6.75. The summed E-state index contributed by atoms with van der Waals surface area (Å²) in [5.74, 6) is -0.103. The van der Waals surface area contributed by atoms with Crippen molar-refractivity contribution >= 4 is 11.9 Å². The number of methoxy groups -OCH3 is 2. The lowest BCUT2D eigenvalue weighted by Gasteiger charge is -2.35. The minimum absolute atomic E-state index is 0.263.